The van der Waals surface area contributed by atoms with Crippen molar-refractivity contribution in [1.82, 2.24) is 9.27 Å². The van der Waals surface area contributed by atoms with E-state index in [0.29, 0.717) is 11.0 Å². The maximum absolute atomic E-state index is 11.8. The second-order valence-corrected chi connectivity index (χ2v) is 7.80. The molecule has 1 aromatic heterocycles. The molecule has 1 aromatic rings. The van der Waals surface area contributed by atoms with Crippen LogP contribution in [0.5, 0.6) is 0 Å². The Hall–Kier alpha value is -0.860. The van der Waals surface area contributed by atoms with Crippen molar-refractivity contribution in [3.8, 4) is 0 Å². The fourth-order valence-electron chi connectivity index (χ4n) is 2.28. The molecule has 1 aliphatic rings. The highest BCUT2D eigenvalue weighted by atomic mass is 32.2. The number of aromatic nitrogens is 1. The summed E-state index contributed by atoms with van der Waals surface area (Å²) in [6, 6.07) is 0.517. The molecule has 0 aromatic carbocycles. The molecule has 0 aliphatic carbocycles. The predicted octanol–water partition coefficient (Wildman–Crippen LogP) is 0.659. The van der Waals surface area contributed by atoms with Gasteiger partial charge in [-0.1, -0.05) is 0 Å². The summed E-state index contributed by atoms with van der Waals surface area (Å²) in [5, 5.41) is 0.684. The number of nitrogens with two attached hydrogens (primary N) is 1. The Labute approximate surface area is 118 Å². The summed E-state index contributed by atoms with van der Waals surface area (Å²) in [6.07, 6.45) is 1.18. The van der Waals surface area contributed by atoms with Crippen molar-refractivity contribution in [3.05, 3.63) is 0 Å². The molecule has 108 valence electrons. The fourth-order valence-corrected chi connectivity index (χ4v) is 4.53. The van der Waals surface area contributed by atoms with Gasteiger partial charge in [0.25, 0.3) is 0 Å². The molecule has 8 heteroatoms. The van der Waals surface area contributed by atoms with Crippen molar-refractivity contribution < 1.29 is 8.42 Å². The van der Waals surface area contributed by atoms with E-state index < -0.39 is 9.84 Å². The number of nitrogen functional groups attached to an aromatic ring is 1. The molecule has 1 fully saturated rings. The largest absolute Gasteiger partial charge is 0.382 e. The van der Waals surface area contributed by atoms with Gasteiger partial charge >= 0.3 is 0 Å². The van der Waals surface area contributed by atoms with Crippen LogP contribution >= 0.6 is 11.5 Å². The van der Waals surface area contributed by atoms with Crippen LogP contribution in [0, 0.1) is 0 Å². The van der Waals surface area contributed by atoms with E-state index in [9.17, 15) is 8.42 Å². The molecule has 0 radical (unpaired) electrons. The average Bonchev–Trinajstić information content (AvgIpc) is 2.71. The monoisotopic (exact) mass is 304 g/mol. The number of rotatable bonds is 3. The Morgan fingerprint density at radius 1 is 1.26 bits per heavy atom. The van der Waals surface area contributed by atoms with E-state index in [0.717, 1.165) is 26.2 Å². The lowest BCUT2D eigenvalue weighted by Crippen LogP contribution is -2.48. The molecule has 6 nitrogen and oxygen atoms in total. The molecule has 2 N–H and O–H groups in total. The minimum absolute atomic E-state index is 0.119. The van der Waals surface area contributed by atoms with E-state index in [-0.39, 0.29) is 10.7 Å². The van der Waals surface area contributed by atoms with Crippen molar-refractivity contribution in [1.29, 1.82) is 0 Å². The average molecular weight is 304 g/mol. The lowest BCUT2D eigenvalue weighted by atomic mass is 10.2. The third-order valence-corrected chi connectivity index (χ3v) is 5.56. The molecule has 0 unspecified atom stereocenters. The fraction of sp³-hybridized carbons (Fsp3) is 0.727. The van der Waals surface area contributed by atoms with Crippen LogP contribution in [0.25, 0.3) is 0 Å². The molecule has 0 amide bonds. The predicted molar refractivity (Wildman–Crippen MR) is 78.6 cm³/mol. The molecule has 1 saturated heterocycles. The van der Waals surface area contributed by atoms with E-state index in [1.807, 2.05) is 0 Å². The second-order valence-electron chi connectivity index (χ2n) is 5.09. The molecule has 2 heterocycles. The first kappa shape index (κ1) is 14.5. The van der Waals surface area contributed by atoms with E-state index in [1.165, 1.54) is 17.8 Å². The van der Waals surface area contributed by atoms with Crippen LogP contribution in [0.15, 0.2) is 4.90 Å². The third-order valence-electron chi connectivity index (χ3n) is 3.36. The molecule has 1 aliphatic heterocycles. The number of nitrogens with zero attached hydrogens (tertiary/aromatic N) is 3. The summed E-state index contributed by atoms with van der Waals surface area (Å²) in [6.45, 7) is 7.81. The molecule has 2 rings (SSSR count). The van der Waals surface area contributed by atoms with Crippen LogP contribution in [0.2, 0.25) is 0 Å². The van der Waals surface area contributed by atoms with Gasteiger partial charge in [0.05, 0.1) is 0 Å². The van der Waals surface area contributed by atoms with E-state index in [2.05, 4.69) is 28.0 Å². The van der Waals surface area contributed by atoms with Crippen molar-refractivity contribution >= 4 is 32.2 Å². The van der Waals surface area contributed by atoms with Gasteiger partial charge in [-0.2, -0.15) is 4.37 Å². The minimum Gasteiger partial charge on any atom is -0.382 e. The van der Waals surface area contributed by atoms with E-state index in [1.54, 1.807) is 0 Å². The lowest BCUT2D eigenvalue weighted by molar-refractivity contribution is 0.209. The van der Waals surface area contributed by atoms with Crippen LogP contribution in [0.1, 0.15) is 13.8 Å². The number of sulfone groups is 1. The van der Waals surface area contributed by atoms with Gasteiger partial charge in [-0.15, -0.1) is 0 Å². The molecule has 19 heavy (non-hydrogen) atoms. The van der Waals surface area contributed by atoms with Crippen molar-refractivity contribution in [2.75, 3.05) is 43.1 Å². The topological polar surface area (TPSA) is 79.5 Å². The smallest absolute Gasteiger partial charge is 0.182 e. The highest BCUT2D eigenvalue weighted by Gasteiger charge is 2.28. The number of piperazine rings is 1. The first-order chi connectivity index (χ1) is 8.80. The first-order valence-corrected chi connectivity index (χ1v) is 8.91. The molecule has 0 spiro atoms. The molecular formula is C11H20N4O2S2. The second kappa shape index (κ2) is 5.26. The van der Waals surface area contributed by atoms with Gasteiger partial charge in [-0.05, 0) is 25.4 Å². The molecule has 0 bridgehead atoms. The lowest BCUT2D eigenvalue weighted by Gasteiger charge is -2.37. The molecule has 0 saturated carbocycles. The number of hydrogen-bond donors (Lipinski definition) is 1. The molecular weight excluding hydrogens is 284 g/mol. The van der Waals surface area contributed by atoms with Crippen molar-refractivity contribution in [2.24, 2.45) is 0 Å². The van der Waals surface area contributed by atoms with Gasteiger partial charge in [0, 0.05) is 38.5 Å². The minimum atomic E-state index is -3.33. The van der Waals surface area contributed by atoms with Gasteiger partial charge < -0.3 is 10.6 Å². The zero-order chi connectivity index (χ0) is 14.2. The van der Waals surface area contributed by atoms with Crippen LogP contribution in [0.4, 0.5) is 10.8 Å². The van der Waals surface area contributed by atoms with Crippen LogP contribution in [0.3, 0.4) is 0 Å². The first-order valence-electron chi connectivity index (χ1n) is 6.25. The van der Waals surface area contributed by atoms with Crippen LogP contribution in [-0.4, -0.2) is 56.2 Å². The Kier molecular flexibility index (Phi) is 4.03. The SMILES string of the molecule is CC(C)N1CCN(c2snc(N)c2S(C)(=O)=O)CC1. The summed E-state index contributed by atoms with van der Waals surface area (Å²) < 4.78 is 27.6. The van der Waals surface area contributed by atoms with Crippen LogP contribution < -0.4 is 10.6 Å². The van der Waals surface area contributed by atoms with Gasteiger partial charge in [0.2, 0.25) is 0 Å². The number of hydrogen-bond acceptors (Lipinski definition) is 7. The quantitative estimate of drug-likeness (QED) is 0.883. The summed E-state index contributed by atoms with van der Waals surface area (Å²) in [7, 11) is -3.33. The van der Waals surface area contributed by atoms with E-state index >= 15 is 0 Å². The van der Waals surface area contributed by atoms with Gasteiger partial charge in [-0.3, -0.25) is 4.90 Å². The standard InChI is InChI=1S/C11H20N4O2S2/c1-8(2)14-4-6-15(7-5-14)11-9(19(3,16)17)10(12)13-18-11/h8H,4-7H2,1-3H3,(H2,12,13). The Morgan fingerprint density at radius 3 is 2.32 bits per heavy atom. The maximum atomic E-state index is 11.8. The zero-order valence-electron chi connectivity index (χ0n) is 11.5. The van der Waals surface area contributed by atoms with Gasteiger partial charge in [0.1, 0.15) is 9.90 Å². The summed E-state index contributed by atoms with van der Waals surface area (Å²) in [4.78, 5) is 4.64. The third kappa shape index (κ3) is 3.01. The van der Waals surface area contributed by atoms with Crippen molar-refractivity contribution in [2.45, 2.75) is 24.8 Å². The Bertz CT molecular complexity index is 545. The number of anilines is 2. The summed E-state index contributed by atoms with van der Waals surface area (Å²) in [5.74, 6) is 0.119. The van der Waals surface area contributed by atoms with Crippen LogP contribution in [-0.2, 0) is 9.84 Å². The van der Waals surface area contributed by atoms with Gasteiger partial charge in [0.15, 0.2) is 15.7 Å². The summed E-state index contributed by atoms with van der Waals surface area (Å²) >= 11 is 1.17. The van der Waals surface area contributed by atoms with E-state index in [4.69, 9.17) is 5.73 Å². The Morgan fingerprint density at radius 2 is 1.84 bits per heavy atom. The molecule has 0 atom stereocenters. The van der Waals surface area contributed by atoms with Gasteiger partial charge in [-0.25, -0.2) is 8.42 Å². The summed E-state index contributed by atoms with van der Waals surface area (Å²) in [5.41, 5.74) is 5.69. The van der Waals surface area contributed by atoms with Crippen molar-refractivity contribution in [3.63, 3.8) is 0 Å². The highest BCUT2D eigenvalue weighted by Crippen LogP contribution is 2.35. The zero-order valence-corrected chi connectivity index (χ0v) is 13.1. The normalized spacial score (nSPS) is 18.2. The maximum Gasteiger partial charge on any atom is 0.182 e. The highest BCUT2D eigenvalue weighted by molar-refractivity contribution is 7.91. The Balaban J connectivity index is 2.21.